The van der Waals surface area contributed by atoms with Crippen LogP contribution in [0.4, 0.5) is 0 Å². The van der Waals surface area contributed by atoms with E-state index in [9.17, 15) is 13.2 Å². The summed E-state index contributed by atoms with van der Waals surface area (Å²) >= 11 is 0. The molecule has 2 aromatic carbocycles. The Morgan fingerprint density at radius 2 is 1.91 bits per heavy atom. The number of nitriles is 1. The summed E-state index contributed by atoms with van der Waals surface area (Å²) < 4.78 is 26.8. The molecule has 0 heterocycles. The highest BCUT2D eigenvalue weighted by atomic mass is 32.2. The second kappa shape index (κ2) is 6.63. The molecular weight excluding hydrogens is 312 g/mol. The SMILES string of the molecule is Cc1ccc(S(=O)(=O)NC(=O)c2cccc(CC#N)c2)c(C)c1. The minimum Gasteiger partial charge on any atom is -0.268 e. The van der Waals surface area contributed by atoms with Crippen LogP contribution < -0.4 is 4.72 Å². The Bertz CT molecular complexity index is 896. The van der Waals surface area contributed by atoms with E-state index in [2.05, 4.69) is 4.72 Å². The van der Waals surface area contributed by atoms with Gasteiger partial charge in [0.2, 0.25) is 0 Å². The number of benzene rings is 2. The highest BCUT2D eigenvalue weighted by molar-refractivity contribution is 7.90. The van der Waals surface area contributed by atoms with E-state index in [1.165, 1.54) is 18.2 Å². The maximum absolute atomic E-state index is 12.4. The van der Waals surface area contributed by atoms with E-state index < -0.39 is 15.9 Å². The summed E-state index contributed by atoms with van der Waals surface area (Å²) in [4.78, 5) is 12.3. The van der Waals surface area contributed by atoms with E-state index in [1.807, 2.05) is 13.0 Å². The van der Waals surface area contributed by atoms with Gasteiger partial charge in [0.25, 0.3) is 15.9 Å². The Hall–Kier alpha value is -2.65. The second-order valence-corrected chi connectivity index (χ2v) is 6.89. The van der Waals surface area contributed by atoms with Crippen molar-refractivity contribution >= 4 is 15.9 Å². The Kier molecular flexibility index (Phi) is 4.82. The van der Waals surface area contributed by atoms with Crippen molar-refractivity contribution in [3.05, 3.63) is 64.7 Å². The zero-order valence-electron chi connectivity index (χ0n) is 12.8. The van der Waals surface area contributed by atoms with Crippen LogP contribution in [0.3, 0.4) is 0 Å². The molecule has 5 nitrogen and oxygen atoms in total. The third kappa shape index (κ3) is 3.96. The van der Waals surface area contributed by atoms with Crippen molar-refractivity contribution in [2.75, 3.05) is 0 Å². The number of nitrogens with zero attached hydrogens (tertiary/aromatic N) is 1. The smallest absolute Gasteiger partial charge is 0.265 e. The molecule has 0 saturated carbocycles. The van der Waals surface area contributed by atoms with Gasteiger partial charge >= 0.3 is 0 Å². The molecule has 0 aliphatic carbocycles. The molecule has 0 atom stereocenters. The van der Waals surface area contributed by atoms with Crippen LogP contribution in [0, 0.1) is 25.2 Å². The molecule has 0 spiro atoms. The molecule has 118 valence electrons. The van der Waals surface area contributed by atoms with E-state index in [0.29, 0.717) is 11.1 Å². The summed E-state index contributed by atoms with van der Waals surface area (Å²) in [6.07, 6.45) is 0.158. The maximum Gasteiger partial charge on any atom is 0.265 e. The number of carbonyl (C=O) groups excluding carboxylic acids is 1. The molecule has 0 bridgehead atoms. The third-order valence-electron chi connectivity index (χ3n) is 3.32. The zero-order chi connectivity index (χ0) is 17.0. The molecule has 1 N–H and O–H groups in total. The normalized spacial score (nSPS) is 10.8. The van der Waals surface area contributed by atoms with Gasteiger partial charge in [0.1, 0.15) is 0 Å². The number of hydrogen-bond donors (Lipinski definition) is 1. The monoisotopic (exact) mass is 328 g/mol. The van der Waals surface area contributed by atoms with Crippen LogP contribution in [0.2, 0.25) is 0 Å². The van der Waals surface area contributed by atoms with Gasteiger partial charge in [-0.3, -0.25) is 4.79 Å². The fraction of sp³-hybridized carbons (Fsp3) is 0.176. The molecule has 0 aliphatic heterocycles. The van der Waals surface area contributed by atoms with Gasteiger partial charge in [-0.1, -0.05) is 29.8 Å². The summed E-state index contributed by atoms with van der Waals surface area (Å²) in [5.74, 6) is -0.718. The summed E-state index contributed by atoms with van der Waals surface area (Å²) in [5, 5.41) is 8.69. The average Bonchev–Trinajstić information content (AvgIpc) is 2.47. The van der Waals surface area contributed by atoms with Crippen molar-refractivity contribution in [1.82, 2.24) is 4.72 Å². The molecule has 0 aromatic heterocycles. The first-order valence-corrected chi connectivity index (χ1v) is 8.42. The molecule has 23 heavy (non-hydrogen) atoms. The third-order valence-corrected chi connectivity index (χ3v) is 4.81. The molecule has 6 heteroatoms. The van der Waals surface area contributed by atoms with Crippen LogP contribution >= 0.6 is 0 Å². The van der Waals surface area contributed by atoms with Gasteiger partial charge in [-0.25, -0.2) is 13.1 Å². The number of carbonyl (C=O) groups is 1. The van der Waals surface area contributed by atoms with Crippen molar-refractivity contribution in [3.63, 3.8) is 0 Å². The number of rotatable bonds is 4. The molecule has 2 aromatic rings. The maximum atomic E-state index is 12.4. The number of amides is 1. The molecule has 0 unspecified atom stereocenters. The van der Waals surface area contributed by atoms with E-state index >= 15 is 0 Å². The Labute approximate surface area is 135 Å². The lowest BCUT2D eigenvalue weighted by Gasteiger charge is -2.10. The standard InChI is InChI=1S/C17H16N2O3S/c1-12-6-7-16(13(2)10-12)23(21,22)19-17(20)15-5-3-4-14(11-15)8-9-18/h3-7,10-11H,8H2,1-2H3,(H,19,20). The lowest BCUT2D eigenvalue weighted by atomic mass is 10.1. The van der Waals surface area contributed by atoms with Crippen molar-refractivity contribution in [2.24, 2.45) is 0 Å². The van der Waals surface area contributed by atoms with Gasteiger partial charge in [-0.2, -0.15) is 5.26 Å². The Balaban J connectivity index is 2.28. The molecule has 2 rings (SSSR count). The molecular formula is C17H16N2O3S. The zero-order valence-corrected chi connectivity index (χ0v) is 13.6. The predicted molar refractivity (Wildman–Crippen MR) is 86.3 cm³/mol. The summed E-state index contributed by atoms with van der Waals surface area (Å²) in [5.41, 5.74) is 2.37. The van der Waals surface area contributed by atoms with Gasteiger partial charge in [0.15, 0.2) is 0 Å². The van der Waals surface area contributed by atoms with Crippen molar-refractivity contribution < 1.29 is 13.2 Å². The first-order valence-electron chi connectivity index (χ1n) is 6.94. The molecule has 0 fully saturated rings. The number of nitrogens with one attached hydrogen (secondary N) is 1. The van der Waals surface area contributed by atoms with E-state index in [-0.39, 0.29) is 16.9 Å². The lowest BCUT2D eigenvalue weighted by Crippen LogP contribution is -2.31. The highest BCUT2D eigenvalue weighted by Gasteiger charge is 2.20. The van der Waals surface area contributed by atoms with Gasteiger partial charge < -0.3 is 0 Å². The van der Waals surface area contributed by atoms with Gasteiger partial charge in [0.05, 0.1) is 17.4 Å². The molecule has 1 amide bonds. The largest absolute Gasteiger partial charge is 0.268 e. The van der Waals surface area contributed by atoms with Crippen molar-refractivity contribution in [3.8, 4) is 6.07 Å². The predicted octanol–water partition coefficient (Wildman–Crippen LogP) is 2.49. The average molecular weight is 328 g/mol. The number of sulfonamides is 1. The number of aryl methyl sites for hydroxylation is 2. The molecule has 0 radical (unpaired) electrons. The minimum atomic E-state index is -3.94. The fourth-order valence-corrected chi connectivity index (χ4v) is 3.45. The topological polar surface area (TPSA) is 87.0 Å². The quantitative estimate of drug-likeness (QED) is 0.934. The summed E-state index contributed by atoms with van der Waals surface area (Å²) in [7, 11) is -3.94. The molecule has 0 saturated heterocycles. The fourth-order valence-electron chi connectivity index (χ4n) is 2.25. The van der Waals surface area contributed by atoms with Crippen LogP contribution in [0.1, 0.15) is 27.0 Å². The summed E-state index contributed by atoms with van der Waals surface area (Å²) in [6.45, 7) is 3.54. The van der Waals surface area contributed by atoms with Crippen molar-refractivity contribution in [1.29, 1.82) is 5.26 Å². The highest BCUT2D eigenvalue weighted by Crippen LogP contribution is 2.17. The van der Waals surface area contributed by atoms with Crippen LogP contribution in [-0.2, 0) is 16.4 Å². The van der Waals surface area contributed by atoms with Crippen molar-refractivity contribution in [2.45, 2.75) is 25.2 Å². The lowest BCUT2D eigenvalue weighted by molar-refractivity contribution is 0.0981. The van der Waals surface area contributed by atoms with Gasteiger partial charge in [0, 0.05) is 5.56 Å². The first-order chi connectivity index (χ1) is 10.8. The molecule has 0 aliphatic rings. The van der Waals surface area contributed by atoms with Crippen LogP contribution in [0.15, 0.2) is 47.4 Å². The van der Waals surface area contributed by atoms with Gasteiger partial charge in [-0.05, 0) is 43.2 Å². The van der Waals surface area contributed by atoms with Crippen LogP contribution in [0.5, 0.6) is 0 Å². The van der Waals surface area contributed by atoms with E-state index in [4.69, 9.17) is 5.26 Å². The second-order valence-electron chi connectivity index (χ2n) is 5.24. The Morgan fingerprint density at radius 1 is 1.17 bits per heavy atom. The van der Waals surface area contributed by atoms with Gasteiger partial charge in [-0.15, -0.1) is 0 Å². The minimum absolute atomic E-state index is 0.0737. The first kappa shape index (κ1) is 16.7. The van der Waals surface area contributed by atoms with E-state index in [1.54, 1.807) is 31.2 Å². The number of hydrogen-bond acceptors (Lipinski definition) is 4. The summed E-state index contributed by atoms with van der Waals surface area (Å²) in [6, 6.07) is 13.2. The Morgan fingerprint density at radius 3 is 2.57 bits per heavy atom. The van der Waals surface area contributed by atoms with Crippen LogP contribution in [0.25, 0.3) is 0 Å². The van der Waals surface area contributed by atoms with E-state index in [0.717, 1.165) is 5.56 Å². The van der Waals surface area contributed by atoms with Crippen LogP contribution in [-0.4, -0.2) is 14.3 Å².